The van der Waals surface area contributed by atoms with Crippen molar-refractivity contribution in [1.82, 2.24) is 0 Å². The molecule has 3 nitrogen and oxygen atoms in total. The average molecular weight is 290 g/mol. The molecule has 0 bridgehead atoms. The summed E-state index contributed by atoms with van der Waals surface area (Å²) in [6, 6.07) is 16.1. The Kier molecular flexibility index (Phi) is 3.81. The highest BCUT2D eigenvalue weighted by Crippen LogP contribution is 2.23. The Morgan fingerprint density at radius 3 is 2.23 bits per heavy atom. The maximum absolute atomic E-state index is 12.4. The lowest BCUT2D eigenvalue weighted by atomic mass is 9.87. The lowest BCUT2D eigenvalue weighted by Crippen LogP contribution is -2.23. The van der Waals surface area contributed by atoms with E-state index >= 15 is 0 Å². The van der Waals surface area contributed by atoms with Crippen LogP contribution in [0.5, 0.6) is 0 Å². The van der Waals surface area contributed by atoms with Crippen LogP contribution in [0.4, 0.5) is 0 Å². The molecule has 0 amide bonds. The van der Waals surface area contributed by atoms with Crippen molar-refractivity contribution >= 4 is 17.6 Å². The number of benzene rings is 2. The third-order valence-electron chi connectivity index (χ3n) is 3.58. The van der Waals surface area contributed by atoms with E-state index in [9.17, 15) is 14.7 Å². The molecule has 3 heteroatoms. The van der Waals surface area contributed by atoms with Gasteiger partial charge in [-0.2, -0.15) is 0 Å². The second-order valence-corrected chi connectivity index (χ2v) is 5.05. The molecule has 0 radical (unpaired) electrons. The molecule has 108 valence electrons. The van der Waals surface area contributed by atoms with E-state index in [-0.39, 0.29) is 17.1 Å². The van der Waals surface area contributed by atoms with Crippen LogP contribution in [0.25, 0.3) is 6.08 Å². The first-order valence-electron chi connectivity index (χ1n) is 6.98. The van der Waals surface area contributed by atoms with Gasteiger partial charge >= 0.3 is 0 Å². The van der Waals surface area contributed by atoms with Crippen molar-refractivity contribution in [3.05, 3.63) is 89.0 Å². The van der Waals surface area contributed by atoms with Gasteiger partial charge in [0.15, 0.2) is 11.6 Å². The van der Waals surface area contributed by atoms with Gasteiger partial charge in [0.2, 0.25) is 0 Å². The summed E-state index contributed by atoms with van der Waals surface area (Å²) in [5.74, 6) is -0.558. The minimum absolute atomic E-state index is 0.107. The van der Waals surface area contributed by atoms with E-state index in [1.807, 2.05) is 30.3 Å². The number of aliphatic hydroxyl groups is 1. The minimum Gasteiger partial charge on any atom is -0.384 e. The highest BCUT2D eigenvalue weighted by atomic mass is 16.3. The highest BCUT2D eigenvalue weighted by molar-refractivity contribution is 6.25. The number of hydrogen-bond donors (Lipinski definition) is 1. The fourth-order valence-corrected chi connectivity index (χ4v) is 2.43. The van der Waals surface area contributed by atoms with Gasteiger partial charge in [-0.05, 0) is 11.6 Å². The normalized spacial score (nSPS) is 15.6. The molecule has 0 aliphatic heterocycles. The van der Waals surface area contributed by atoms with Crippen LogP contribution < -0.4 is 0 Å². The number of fused-ring (bicyclic) bond motifs is 1. The quantitative estimate of drug-likeness (QED) is 0.945. The Hall–Kier alpha value is -2.78. The lowest BCUT2D eigenvalue weighted by Gasteiger charge is -2.17. The Morgan fingerprint density at radius 1 is 0.864 bits per heavy atom. The van der Waals surface area contributed by atoms with Crippen molar-refractivity contribution < 1.29 is 14.7 Å². The van der Waals surface area contributed by atoms with Crippen molar-refractivity contribution in [2.45, 2.75) is 6.10 Å². The second-order valence-electron chi connectivity index (χ2n) is 5.05. The third kappa shape index (κ3) is 2.67. The monoisotopic (exact) mass is 290 g/mol. The van der Waals surface area contributed by atoms with E-state index in [1.165, 1.54) is 12.2 Å². The van der Waals surface area contributed by atoms with Crippen LogP contribution in [0.2, 0.25) is 0 Å². The Morgan fingerprint density at radius 2 is 1.50 bits per heavy atom. The van der Waals surface area contributed by atoms with Gasteiger partial charge in [0.1, 0.15) is 6.10 Å². The number of rotatable bonds is 3. The second kappa shape index (κ2) is 5.92. The molecule has 1 aliphatic carbocycles. The van der Waals surface area contributed by atoms with E-state index < -0.39 is 6.10 Å². The molecule has 3 rings (SSSR count). The predicted molar refractivity (Wildman–Crippen MR) is 84.7 cm³/mol. The predicted octanol–water partition coefficient (Wildman–Crippen LogP) is 3.07. The van der Waals surface area contributed by atoms with E-state index in [2.05, 4.69) is 0 Å². The summed E-state index contributed by atoms with van der Waals surface area (Å²) in [4.78, 5) is 24.5. The number of ketones is 2. The lowest BCUT2D eigenvalue weighted by molar-refractivity contribution is 0.0961. The first-order valence-corrected chi connectivity index (χ1v) is 6.98. The van der Waals surface area contributed by atoms with Crippen LogP contribution >= 0.6 is 0 Å². The molecule has 0 unspecified atom stereocenters. The van der Waals surface area contributed by atoms with Gasteiger partial charge in [0.25, 0.3) is 0 Å². The van der Waals surface area contributed by atoms with E-state index in [0.717, 1.165) is 5.56 Å². The summed E-state index contributed by atoms with van der Waals surface area (Å²) in [6.45, 7) is 0. The van der Waals surface area contributed by atoms with Gasteiger partial charge < -0.3 is 5.11 Å². The summed E-state index contributed by atoms with van der Waals surface area (Å²) >= 11 is 0. The number of hydrogen-bond acceptors (Lipinski definition) is 3. The smallest absolute Gasteiger partial charge is 0.192 e. The molecular formula is C19H14O3. The molecule has 0 heterocycles. The molecular weight excluding hydrogens is 276 g/mol. The molecule has 1 aliphatic rings. The van der Waals surface area contributed by atoms with Gasteiger partial charge in [0, 0.05) is 16.7 Å². The van der Waals surface area contributed by atoms with E-state index in [0.29, 0.717) is 11.1 Å². The molecule has 2 aromatic carbocycles. The summed E-state index contributed by atoms with van der Waals surface area (Å²) in [7, 11) is 0. The average Bonchev–Trinajstić information content (AvgIpc) is 2.57. The van der Waals surface area contributed by atoms with Gasteiger partial charge in [-0.3, -0.25) is 9.59 Å². The SMILES string of the molecule is O=C1C=C([C@H](O)/C=C\c2ccccc2)C(=O)c2ccccc21. The van der Waals surface area contributed by atoms with E-state index in [4.69, 9.17) is 0 Å². The fourth-order valence-electron chi connectivity index (χ4n) is 2.43. The van der Waals surface area contributed by atoms with Gasteiger partial charge in [-0.25, -0.2) is 0 Å². The standard InChI is InChI=1S/C19H14O3/c20-17(11-10-13-6-2-1-3-7-13)16-12-18(21)14-8-4-5-9-15(14)19(16)22/h1-12,17,20H/b11-10-/t17-/m1/s1. The molecule has 0 saturated carbocycles. The summed E-state index contributed by atoms with van der Waals surface area (Å²) in [5, 5.41) is 10.2. The van der Waals surface area contributed by atoms with Crippen molar-refractivity contribution in [2.24, 2.45) is 0 Å². The van der Waals surface area contributed by atoms with Gasteiger partial charge in [-0.1, -0.05) is 66.7 Å². The van der Waals surface area contributed by atoms with Crippen LogP contribution in [0, 0.1) is 0 Å². The zero-order valence-electron chi connectivity index (χ0n) is 11.8. The Bertz CT molecular complexity index is 785. The number of carbonyl (C=O) groups excluding carboxylic acids is 2. The van der Waals surface area contributed by atoms with Crippen molar-refractivity contribution in [3.8, 4) is 0 Å². The van der Waals surface area contributed by atoms with Crippen molar-refractivity contribution in [1.29, 1.82) is 0 Å². The molecule has 0 fully saturated rings. The number of carbonyl (C=O) groups is 2. The number of aliphatic hydroxyl groups excluding tert-OH is 1. The summed E-state index contributed by atoms with van der Waals surface area (Å²) < 4.78 is 0. The van der Waals surface area contributed by atoms with Crippen LogP contribution in [-0.2, 0) is 0 Å². The van der Waals surface area contributed by atoms with Crippen LogP contribution in [0.3, 0.4) is 0 Å². The molecule has 1 atom stereocenters. The maximum Gasteiger partial charge on any atom is 0.192 e. The molecule has 0 spiro atoms. The first kappa shape index (κ1) is 14.2. The molecule has 0 aromatic heterocycles. The highest BCUT2D eigenvalue weighted by Gasteiger charge is 2.27. The van der Waals surface area contributed by atoms with E-state index in [1.54, 1.807) is 30.3 Å². The van der Waals surface area contributed by atoms with Gasteiger partial charge in [-0.15, -0.1) is 0 Å². The summed E-state index contributed by atoms with van der Waals surface area (Å²) in [6.07, 6.45) is 3.36. The van der Waals surface area contributed by atoms with Crippen molar-refractivity contribution in [3.63, 3.8) is 0 Å². The van der Waals surface area contributed by atoms with Crippen LogP contribution in [0.15, 0.2) is 72.3 Å². The van der Waals surface area contributed by atoms with Gasteiger partial charge in [0.05, 0.1) is 0 Å². The topological polar surface area (TPSA) is 54.4 Å². The third-order valence-corrected chi connectivity index (χ3v) is 3.58. The first-order chi connectivity index (χ1) is 10.7. The number of allylic oxidation sites excluding steroid dienone is 1. The minimum atomic E-state index is -1.11. The Labute approximate surface area is 128 Å². The maximum atomic E-state index is 12.4. The zero-order valence-corrected chi connectivity index (χ0v) is 11.8. The molecule has 2 aromatic rings. The number of Topliss-reactive ketones (excluding diaryl/α,β-unsaturated/α-hetero) is 1. The van der Waals surface area contributed by atoms with Crippen LogP contribution in [-0.4, -0.2) is 22.8 Å². The fraction of sp³-hybridized carbons (Fsp3) is 0.0526. The van der Waals surface area contributed by atoms with Crippen molar-refractivity contribution in [2.75, 3.05) is 0 Å². The molecule has 22 heavy (non-hydrogen) atoms. The molecule has 0 saturated heterocycles. The largest absolute Gasteiger partial charge is 0.384 e. The Balaban J connectivity index is 1.88. The van der Waals surface area contributed by atoms with Crippen LogP contribution in [0.1, 0.15) is 26.3 Å². The molecule has 1 N–H and O–H groups in total. The summed E-state index contributed by atoms with van der Waals surface area (Å²) in [5.41, 5.74) is 1.75. The zero-order chi connectivity index (χ0) is 15.5.